The van der Waals surface area contributed by atoms with Gasteiger partial charge in [0.15, 0.2) is 5.69 Å². The monoisotopic (exact) mass is 509 g/mol. The van der Waals surface area contributed by atoms with E-state index in [9.17, 15) is 4.79 Å². The van der Waals surface area contributed by atoms with Crippen LogP contribution < -0.4 is 10.2 Å². The van der Waals surface area contributed by atoms with Gasteiger partial charge in [-0.1, -0.05) is 25.4 Å². The summed E-state index contributed by atoms with van der Waals surface area (Å²) < 4.78 is 6.97. The fourth-order valence-corrected chi connectivity index (χ4v) is 5.37. The number of halogens is 1. The van der Waals surface area contributed by atoms with Gasteiger partial charge >= 0.3 is 5.97 Å². The molecule has 0 atom stereocenters. The number of carbonyl (C=O) groups is 1. The standard InChI is InChI=1S/C26H32ClN7O2/c1-6-36-24(35)21-17-14-26(2,3)18-15-28-25(30-22(18)23(17)33(5)31-21)29-16-7-8-20(19(27)13-16)34-11-9-32(4)10-12-34/h7-8,13,15H,6,9-12,14H2,1-5H3,(H,28,29,30). The Morgan fingerprint density at radius 3 is 2.64 bits per heavy atom. The van der Waals surface area contributed by atoms with Crippen LogP contribution in [0.15, 0.2) is 24.4 Å². The predicted octanol–water partition coefficient (Wildman–Crippen LogP) is 4.04. The minimum Gasteiger partial charge on any atom is -0.461 e. The number of carbonyl (C=O) groups excluding carboxylic acids is 1. The van der Waals surface area contributed by atoms with Gasteiger partial charge in [0.1, 0.15) is 0 Å². The molecular formula is C26H32ClN7O2. The summed E-state index contributed by atoms with van der Waals surface area (Å²) in [5.74, 6) is 0.0517. The Kier molecular flexibility index (Phi) is 6.38. The summed E-state index contributed by atoms with van der Waals surface area (Å²) in [6, 6.07) is 5.96. The van der Waals surface area contributed by atoms with E-state index < -0.39 is 5.97 Å². The molecule has 2 aliphatic rings. The highest BCUT2D eigenvalue weighted by atomic mass is 35.5. The van der Waals surface area contributed by atoms with Gasteiger partial charge in [-0.2, -0.15) is 5.10 Å². The maximum absolute atomic E-state index is 12.6. The van der Waals surface area contributed by atoms with E-state index in [4.69, 9.17) is 21.3 Å². The van der Waals surface area contributed by atoms with Gasteiger partial charge in [-0.25, -0.2) is 14.8 Å². The highest BCUT2D eigenvalue weighted by molar-refractivity contribution is 6.33. The number of hydrogen-bond acceptors (Lipinski definition) is 8. The third-order valence-corrected chi connectivity index (χ3v) is 7.33. The van der Waals surface area contributed by atoms with Crippen LogP contribution in [-0.4, -0.2) is 70.5 Å². The first-order chi connectivity index (χ1) is 17.2. The number of esters is 1. The number of likely N-dealkylation sites (N-methyl/N-ethyl adjacent to an activating group) is 1. The average molecular weight is 510 g/mol. The molecule has 0 radical (unpaired) electrons. The molecule has 2 aromatic heterocycles. The number of piperazine rings is 1. The fraction of sp³-hybridized carbons (Fsp3) is 0.462. The van der Waals surface area contributed by atoms with Gasteiger partial charge in [0.25, 0.3) is 0 Å². The molecule has 0 amide bonds. The number of nitrogens with zero attached hydrogens (tertiary/aromatic N) is 6. The van der Waals surface area contributed by atoms with E-state index in [1.165, 1.54) is 0 Å². The van der Waals surface area contributed by atoms with Gasteiger partial charge in [0, 0.05) is 56.2 Å². The fourth-order valence-electron chi connectivity index (χ4n) is 5.07. The van der Waals surface area contributed by atoms with Gasteiger partial charge in [-0.3, -0.25) is 4.68 Å². The van der Waals surface area contributed by atoms with Crippen LogP contribution >= 0.6 is 11.6 Å². The second kappa shape index (κ2) is 9.37. The molecule has 0 unspecified atom stereocenters. The zero-order valence-corrected chi connectivity index (χ0v) is 22.2. The molecule has 10 heteroatoms. The quantitative estimate of drug-likeness (QED) is 0.516. The van der Waals surface area contributed by atoms with E-state index in [0.29, 0.717) is 29.7 Å². The maximum Gasteiger partial charge on any atom is 0.359 e. The number of aromatic nitrogens is 4. The van der Waals surface area contributed by atoms with Gasteiger partial charge < -0.3 is 19.9 Å². The lowest BCUT2D eigenvalue weighted by Gasteiger charge is -2.34. The van der Waals surface area contributed by atoms with Crippen molar-refractivity contribution in [3.05, 3.63) is 46.2 Å². The SMILES string of the molecule is CCOC(=O)c1nn(C)c2c1CC(C)(C)c1cnc(Nc3ccc(N4CCN(C)CC4)c(Cl)c3)nc1-2. The first-order valence-corrected chi connectivity index (χ1v) is 12.7. The number of nitrogens with one attached hydrogen (secondary N) is 1. The zero-order chi connectivity index (χ0) is 25.6. The Hall–Kier alpha value is -3.17. The van der Waals surface area contributed by atoms with Crippen molar-refractivity contribution >= 4 is 34.9 Å². The van der Waals surface area contributed by atoms with Gasteiger partial charge in [0.2, 0.25) is 5.95 Å². The molecule has 5 rings (SSSR count). The van der Waals surface area contributed by atoms with Crippen molar-refractivity contribution in [2.75, 3.05) is 50.1 Å². The molecular weight excluding hydrogens is 478 g/mol. The minimum absolute atomic E-state index is 0.265. The minimum atomic E-state index is -0.406. The molecule has 0 saturated carbocycles. The van der Waals surface area contributed by atoms with Crippen LogP contribution in [0.5, 0.6) is 0 Å². The van der Waals surface area contributed by atoms with E-state index in [1.54, 1.807) is 11.6 Å². The van der Waals surface area contributed by atoms with Crippen LogP contribution in [0.4, 0.5) is 17.3 Å². The number of anilines is 3. The summed E-state index contributed by atoms with van der Waals surface area (Å²) in [6.45, 7) is 10.3. The summed E-state index contributed by atoms with van der Waals surface area (Å²) >= 11 is 6.67. The van der Waals surface area contributed by atoms with E-state index in [0.717, 1.165) is 60.1 Å². The Bertz CT molecular complexity index is 1310. The Morgan fingerprint density at radius 1 is 1.19 bits per heavy atom. The molecule has 1 fully saturated rings. The highest BCUT2D eigenvalue weighted by Crippen LogP contribution is 2.43. The Labute approximate surface area is 216 Å². The third-order valence-electron chi connectivity index (χ3n) is 7.02. The first-order valence-electron chi connectivity index (χ1n) is 12.3. The van der Waals surface area contributed by atoms with Gasteiger partial charge in [-0.15, -0.1) is 0 Å². The molecule has 3 heterocycles. The number of aryl methyl sites for hydroxylation is 1. The topological polar surface area (TPSA) is 88.4 Å². The summed E-state index contributed by atoms with van der Waals surface area (Å²) in [5, 5.41) is 8.49. The molecule has 0 spiro atoms. The maximum atomic E-state index is 12.6. The van der Waals surface area contributed by atoms with Crippen LogP contribution in [0.1, 0.15) is 42.4 Å². The van der Waals surface area contributed by atoms with E-state index in [1.807, 2.05) is 31.4 Å². The van der Waals surface area contributed by atoms with E-state index in [-0.39, 0.29) is 5.41 Å². The molecule has 9 nitrogen and oxygen atoms in total. The first kappa shape index (κ1) is 24.5. The van der Waals surface area contributed by atoms with Crippen LogP contribution in [0.25, 0.3) is 11.4 Å². The second-order valence-corrected chi connectivity index (χ2v) is 10.5. The van der Waals surface area contributed by atoms with Gasteiger partial charge in [0.05, 0.1) is 28.7 Å². The van der Waals surface area contributed by atoms with Crippen molar-refractivity contribution in [1.29, 1.82) is 0 Å². The average Bonchev–Trinajstić information content (AvgIpc) is 3.15. The molecule has 1 aromatic carbocycles. The number of fused-ring (bicyclic) bond motifs is 3. The van der Waals surface area contributed by atoms with Crippen molar-refractivity contribution in [3.8, 4) is 11.4 Å². The second-order valence-electron chi connectivity index (χ2n) is 10.1. The van der Waals surface area contributed by atoms with Crippen molar-refractivity contribution in [1.82, 2.24) is 24.6 Å². The molecule has 0 bridgehead atoms. The van der Waals surface area contributed by atoms with Crippen LogP contribution in [0.2, 0.25) is 5.02 Å². The Morgan fingerprint density at radius 2 is 1.94 bits per heavy atom. The molecule has 1 aliphatic carbocycles. The highest BCUT2D eigenvalue weighted by Gasteiger charge is 2.38. The smallest absolute Gasteiger partial charge is 0.359 e. The van der Waals surface area contributed by atoms with Crippen LogP contribution in [-0.2, 0) is 23.6 Å². The van der Waals surface area contributed by atoms with Crippen molar-refractivity contribution in [2.24, 2.45) is 7.05 Å². The lowest BCUT2D eigenvalue weighted by molar-refractivity contribution is 0.0517. The zero-order valence-electron chi connectivity index (χ0n) is 21.4. The molecule has 3 aromatic rings. The third kappa shape index (κ3) is 4.41. The van der Waals surface area contributed by atoms with Crippen molar-refractivity contribution in [3.63, 3.8) is 0 Å². The lowest BCUT2D eigenvalue weighted by Crippen LogP contribution is -2.44. The number of benzene rings is 1. The van der Waals surface area contributed by atoms with Crippen LogP contribution in [0.3, 0.4) is 0 Å². The summed E-state index contributed by atoms with van der Waals surface area (Å²) in [6.07, 6.45) is 2.52. The molecule has 1 N–H and O–H groups in total. The molecule has 36 heavy (non-hydrogen) atoms. The Balaban J connectivity index is 1.46. The van der Waals surface area contributed by atoms with E-state index in [2.05, 4.69) is 46.1 Å². The van der Waals surface area contributed by atoms with Gasteiger partial charge in [-0.05, 0) is 44.0 Å². The molecule has 1 aliphatic heterocycles. The largest absolute Gasteiger partial charge is 0.461 e. The predicted molar refractivity (Wildman–Crippen MR) is 141 cm³/mol. The summed E-state index contributed by atoms with van der Waals surface area (Å²) in [4.78, 5) is 26.7. The lowest BCUT2D eigenvalue weighted by atomic mass is 9.73. The van der Waals surface area contributed by atoms with Crippen LogP contribution in [0, 0.1) is 0 Å². The number of hydrogen-bond donors (Lipinski definition) is 1. The normalized spacial score (nSPS) is 16.9. The summed E-state index contributed by atoms with van der Waals surface area (Å²) in [7, 11) is 3.97. The summed E-state index contributed by atoms with van der Waals surface area (Å²) in [5.41, 5.74) is 5.40. The number of ether oxygens (including phenoxy) is 1. The van der Waals surface area contributed by atoms with Crippen molar-refractivity contribution < 1.29 is 9.53 Å². The number of rotatable bonds is 5. The molecule has 1 saturated heterocycles. The van der Waals surface area contributed by atoms with Crippen molar-refractivity contribution in [2.45, 2.75) is 32.6 Å². The van der Waals surface area contributed by atoms with E-state index >= 15 is 0 Å². The molecule has 190 valence electrons.